The average Bonchev–Trinajstić information content (AvgIpc) is 2.61. The predicted octanol–water partition coefficient (Wildman–Crippen LogP) is 3.44. The number of aromatic nitrogens is 3. The lowest BCUT2D eigenvalue weighted by Gasteiger charge is -2.28. The Hall–Kier alpha value is -2.66. The number of rotatable bonds is 2. The van der Waals surface area contributed by atoms with E-state index in [0.29, 0.717) is 17.4 Å². The van der Waals surface area contributed by atoms with Crippen LogP contribution < -0.4 is 10.9 Å². The SMILES string of the molecule is Cc1ccc(-c2nn3c(nc2=O)-c2ccccc2N[C@H]3CCl)cc1. The first-order valence-corrected chi connectivity index (χ1v) is 8.20. The molecule has 1 aliphatic rings. The summed E-state index contributed by atoms with van der Waals surface area (Å²) in [5.74, 6) is 0.850. The molecule has 24 heavy (non-hydrogen) atoms. The molecule has 2 aromatic carbocycles. The Morgan fingerprint density at radius 1 is 1.17 bits per heavy atom. The maximum atomic E-state index is 12.5. The number of alkyl halides is 1. The van der Waals surface area contributed by atoms with E-state index in [2.05, 4.69) is 15.4 Å². The van der Waals surface area contributed by atoms with Crippen LogP contribution in [0.5, 0.6) is 0 Å². The molecule has 0 amide bonds. The second-order valence-corrected chi connectivity index (χ2v) is 6.07. The number of benzene rings is 2. The molecule has 0 bridgehead atoms. The van der Waals surface area contributed by atoms with Gasteiger partial charge in [0.1, 0.15) is 6.17 Å². The Labute approximate surface area is 143 Å². The van der Waals surface area contributed by atoms with Crippen molar-refractivity contribution in [2.45, 2.75) is 13.1 Å². The number of para-hydroxylation sites is 1. The maximum Gasteiger partial charge on any atom is 0.300 e. The molecule has 5 nitrogen and oxygen atoms in total. The van der Waals surface area contributed by atoms with Gasteiger partial charge < -0.3 is 5.32 Å². The smallest absolute Gasteiger partial charge is 0.300 e. The predicted molar refractivity (Wildman–Crippen MR) is 95.3 cm³/mol. The van der Waals surface area contributed by atoms with E-state index in [-0.39, 0.29) is 11.7 Å². The normalized spacial score (nSPS) is 15.3. The number of aryl methyl sites for hydroxylation is 1. The van der Waals surface area contributed by atoms with E-state index in [0.717, 1.165) is 22.4 Å². The molecule has 1 N–H and O–H groups in total. The summed E-state index contributed by atoms with van der Waals surface area (Å²) in [6.45, 7) is 2.00. The second-order valence-electron chi connectivity index (χ2n) is 5.76. The fourth-order valence-electron chi connectivity index (χ4n) is 2.84. The second kappa shape index (κ2) is 5.76. The number of halogens is 1. The lowest BCUT2D eigenvalue weighted by molar-refractivity contribution is 0.526. The number of hydrogen-bond donors (Lipinski definition) is 1. The molecule has 4 rings (SSSR count). The minimum absolute atomic E-state index is 0.256. The van der Waals surface area contributed by atoms with E-state index in [1.165, 1.54) is 0 Å². The summed E-state index contributed by atoms with van der Waals surface area (Å²) in [4.78, 5) is 16.8. The van der Waals surface area contributed by atoms with Gasteiger partial charge in [0.05, 0.1) is 5.88 Å². The number of nitrogens with zero attached hydrogens (tertiary/aromatic N) is 3. The third-order valence-electron chi connectivity index (χ3n) is 4.09. The van der Waals surface area contributed by atoms with Crippen molar-refractivity contribution in [3.8, 4) is 22.6 Å². The first kappa shape index (κ1) is 14.9. The largest absolute Gasteiger partial charge is 0.362 e. The van der Waals surface area contributed by atoms with Gasteiger partial charge in [-0.25, -0.2) is 4.68 Å². The quantitative estimate of drug-likeness (QED) is 0.727. The lowest BCUT2D eigenvalue weighted by Crippen LogP contribution is -2.32. The fourth-order valence-corrected chi connectivity index (χ4v) is 3.05. The van der Waals surface area contributed by atoms with Crippen LogP contribution in [-0.4, -0.2) is 20.6 Å². The molecule has 0 unspecified atom stereocenters. The van der Waals surface area contributed by atoms with Gasteiger partial charge in [0, 0.05) is 16.8 Å². The van der Waals surface area contributed by atoms with Gasteiger partial charge in [-0.05, 0) is 19.1 Å². The number of anilines is 1. The first-order valence-electron chi connectivity index (χ1n) is 7.67. The molecule has 0 spiro atoms. The molecule has 0 radical (unpaired) electrons. The fraction of sp³-hybridized carbons (Fsp3) is 0.167. The van der Waals surface area contributed by atoms with Gasteiger partial charge in [-0.2, -0.15) is 10.1 Å². The van der Waals surface area contributed by atoms with Crippen LogP contribution in [0.25, 0.3) is 22.6 Å². The Morgan fingerprint density at radius 3 is 2.67 bits per heavy atom. The average molecular weight is 339 g/mol. The topological polar surface area (TPSA) is 59.8 Å². The van der Waals surface area contributed by atoms with Gasteiger partial charge in [-0.15, -0.1) is 11.6 Å². The Balaban J connectivity index is 1.94. The van der Waals surface area contributed by atoms with Gasteiger partial charge in [-0.1, -0.05) is 42.0 Å². The van der Waals surface area contributed by atoms with E-state index in [4.69, 9.17) is 11.6 Å². The highest BCUT2D eigenvalue weighted by atomic mass is 35.5. The highest BCUT2D eigenvalue weighted by molar-refractivity contribution is 6.18. The summed E-state index contributed by atoms with van der Waals surface area (Å²) in [7, 11) is 0. The van der Waals surface area contributed by atoms with Crippen molar-refractivity contribution in [3.63, 3.8) is 0 Å². The Kier molecular flexibility index (Phi) is 3.58. The molecule has 0 saturated heterocycles. The molecule has 0 fully saturated rings. The first-order chi connectivity index (χ1) is 11.7. The van der Waals surface area contributed by atoms with Crippen molar-refractivity contribution in [3.05, 3.63) is 64.4 Å². The van der Waals surface area contributed by atoms with E-state index in [9.17, 15) is 4.79 Å². The summed E-state index contributed by atoms with van der Waals surface area (Å²) in [6.07, 6.45) is -0.256. The van der Waals surface area contributed by atoms with E-state index in [1.54, 1.807) is 4.68 Å². The van der Waals surface area contributed by atoms with Crippen LogP contribution in [0.3, 0.4) is 0 Å². The van der Waals surface area contributed by atoms with Crippen LogP contribution in [-0.2, 0) is 0 Å². The monoisotopic (exact) mass is 338 g/mol. The van der Waals surface area contributed by atoms with Gasteiger partial charge in [0.25, 0.3) is 5.56 Å². The molecule has 3 aromatic rings. The van der Waals surface area contributed by atoms with Crippen molar-refractivity contribution in [2.24, 2.45) is 0 Å². The number of fused-ring (bicyclic) bond motifs is 3. The van der Waals surface area contributed by atoms with Crippen molar-refractivity contribution in [1.29, 1.82) is 0 Å². The molecule has 1 aromatic heterocycles. The third kappa shape index (κ3) is 2.37. The summed E-state index contributed by atoms with van der Waals surface area (Å²) in [6, 6.07) is 15.4. The van der Waals surface area contributed by atoms with E-state index < -0.39 is 0 Å². The van der Waals surface area contributed by atoms with E-state index in [1.807, 2.05) is 55.5 Å². The summed E-state index contributed by atoms with van der Waals surface area (Å²) in [5.41, 5.74) is 3.61. The standard InChI is InChI=1S/C18H15ClN4O/c1-11-6-8-12(9-7-11)16-18(24)21-17-13-4-2-3-5-14(13)20-15(10-19)23(17)22-16/h2-9,15,20H,10H2,1H3/t15-/m1/s1. The van der Waals surface area contributed by atoms with Crippen LogP contribution in [0.1, 0.15) is 11.7 Å². The van der Waals surface area contributed by atoms with Gasteiger partial charge in [0.15, 0.2) is 11.5 Å². The van der Waals surface area contributed by atoms with Gasteiger partial charge >= 0.3 is 0 Å². The van der Waals surface area contributed by atoms with Crippen LogP contribution >= 0.6 is 11.6 Å². The number of hydrogen-bond acceptors (Lipinski definition) is 4. The minimum Gasteiger partial charge on any atom is -0.362 e. The minimum atomic E-state index is -0.338. The van der Waals surface area contributed by atoms with Crippen molar-refractivity contribution >= 4 is 17.3 Å². The van der Waals surface area contributed by atoms with Crippen molar-refractivity contribution in [1.82, 2.24) is 14.8 Å². The maximum absolute atomic E-state index is 12.5. The van der Waals surface area contributed by atoms with Crippen molar-refractivity contribution in [2.75, 3.05) is 11.2 Å². The highest BCUT2D eigenvalue weighted by Crippen LogP contribution is 2.34. The lowest BCUT2D eigenvalue weighted by atomic mass is 10.1. The van der Waals surface area contributed by atoms with Gasteiger partial charge in [-0.3, -0.25) is 4.79 Å². The summed E-state index contributed by atoms with van der Waals surface area (Å²) in [5, 5.41) is 7.90. The zero-order valence-electron chi connectivity index (χ0n) is 13.0. The molecule has 0 saturated carbocycles. The molecular weight excluding hydrogens is 324 g/mol. The highest BCUT2D eigenvalue weighted by Gasteiger charge is 2.26. The van der Waals surface area contributed by atoms with Crippen LogP contribution in [0, 0.1) is 6.92 Å². The Morgan fingerprint density at radius 2 is 1.92 bits per heavy atom. The molecule has 1 aliphatic heterocycles. The zero-order chi connectivity index (χ0) is 16.7. The molecule has 0 aliphatic carbocycles. The molecule has 6 heteroatoms. The Bertz CT molecular complexity index is 965. The summed E-state index contributed by atoms with van der Waals surface area (Å²) < 4.78 is 1.70. The van der Waals surface area contributed by atoms with Crippen LogP contribution in [0.15, 0.2) is 53.3 Å². The third-order valence-corrected chi connectivity index (χ3v) is 4.38. The van der Waals surface area contributed by atoms with Crippen LogP contribution in [0.4, 0.5) is 5.69 Å². The van der Waals surface area contributed by atoms with Crippen molar-refractivity contribution < 1.29 is 0 Å². The zero-order valence-corrected chi connectivity index (χ0v) is 13.8. The summed E-state index contributed by atoms with van der Waals surface area (Å²) >= 11 is 6.10. The molecular formula is C18H15ClN4O. The molecule has 2 heterocycles. The molecule has 120 valence electrons. The number of nitrogens with one attached hydrogen (secondary N) is 1. The van der Waals surface area contributed by atoms with Crippen LogP contribution in [0.2, 0.25) is 0 Å². The van der Waals surface area contributed by atoms with Gasteiger partial charge in [0.2, 0.25) is 0 Å². The van der Waals surface area contributed by atoms with E-state index >= 15 is 0 Å². The molecule has 1 atom stereocenters.